The minimum absolute atomic E-state index is 0.0938. The molecule has 0 saturated heterocycles. The lowest BCUT2D eigenvalue weighted by Crippen LogP contribution is -2.26. The molecule has 1 aromatic heterocycles. The van der Waals surface area contributed by atoms with E-state index in [-0.39, 0.29) is 34.4 Å². The van der Waals surface area contributed by atoms with Gasteiger partial charge in [0.15, 0.2) is 5.78 Å². The molecule has 28 heavy (non-hydrogen) atoms. The van der Waals surface area contributed by atoms with Crippen LogP contribution in [-0.4, -0.2) is 21.7 Å². The van der Waals surface area contributed by atoms with E-state index >= 15 is 0 Å². The summed E-state index contributed by atoms with van der Waals surface area (Å²) in [6, 6.07) is 15.0. The molecule has 0 amide bonds. The molecule has 0 radical (unpaired) electrons. The number of carbonyl (C=O) groups is 1. The highest BCUT2D eigenvalue weighted by Gasteiger charge is 2.24. The average molecular weight is 416 g/mol. The number of halogens is 1. The summed E-state index contributed by atoms with van der Waals surface area (Å²) < 4.78 is 14.7. The predicted octanol–water partition coefficient (Wildman–Crippen LogP) is 4.82. The van der Waals surface area contributed by atoms with Gasteiger partial charge in [0, 0.05) is 4.90 Å². The number of Topliss-reactive ketones (excluding diaryl/α,β-unsaturated/α-hetero) is 1. The highest BCUT2D eigenvalue weighted by molar-refractivity contribution is 7.99. The topological polar surface area (TPSA) is 59.3 Å². The van der Waals surface area contributed by atoms with Gasteiger partial charge < -0.3 is 5.11 Å². The molecule has 3 aromatic rings. The van der Waals surface area contributed by atoms with Crippen molar-refractivity contribution < 1.29 is 14.3 Å². The van der Waals surface area contributed by atoms with Gasteiger partial charge in [-0.2, -0.15) is 0 Å². The molecular formula is C21H18FNO3S2. The molecule has 1 heterocycles. The second-order valence-corrected chi connectivity index (χ2v) is 7.93. The number of ketones is 1. The van der Waals surface area contributed by atoms with E-state index in [1.807, 2.05) is 30.3 Å². The van der Waals surface area contributed by atoms with Crippen molar-refractivity contribution in [3.8, 4) is 5.75 Å². The summed E-state index contributed by atoms with van der Waals surface area (Å²) in [5.41, 5.74) is 0.437. The van der Waals surface area contributed by atoms with E-state index in [2.05, 4.69) is 0 Å². The van der Waals surface area contributed by atoms with Crippen LogP contribution in [0.2, 0.25) is 0 Å². The van der Waals surface area contributed by atoms with E-state index in [1.165, 1.54) is 35.4 Å². The van der Waals surface area contributed by atoms with Gasteiger partial charge in [-0.25, -0.2) is 4.39 Å². The fourth-order valence-corrected chi connectivity index (χ4v) is 4.55. The summed E-state index contributed by atoms with van der Waals surface area (Å²) in [6.45, 7) is 1.52. The van der Waals surface area contributed by atoms with Crippen LogP contribution >= 0.6 is 23.5 Å². The van der Waals surface area contributed by atoms with Crippen LogP contribution in [0, 0.1) is 5.82 Å². The van der Waals surface area contributed by atoms with Crippen LogP contribution in [0.3, 0.4) is 0 Å². The standard InChI is InChI=1S/C21H18FNO3S2/c1-13(24)17-18(25)19(28-16-6-4-3-5-7-16)20(26)23(21(17)27-2)12-14-8-10-15(22)11-9-14/h3-11,25H,12H2,1-2H3. The molecule has 4 nitrogen and oxygen atoms in total. The van der Waals surface area contributed by atoms with E-state index in [4.69, 9.17) is 0 Å². The van der Waals surface area contributed by atoms with Gasteiger partial charge >= 0.3 is 0 Å². The highest BCUT2D eigenvalue weighted by atomic mass is 32.2. The Bertz CT molecular complexity index is 1060. The summed E-state index contributed by atoms with van der Waals surface area (Å²) in [5, 5.41) is 11.1. The number of hydrogen-bond acceptors (Lipinski definition) is 5. The summed E-state index contributed by atoms with van der Waals surface area (Å²) in [6.07, 6.45) is 1.74. The molecule has 144 valence electrons. The van der Waals surface area contributed by atoms with Gasteiger partial charge in [0.05, 0.1) is 17.1 Å². The molecular weight excluding hydrogens is 397 g/mol. The monoisotopic (exact) mass is 415 g/mol. The van der Waals surface area contributed by atoms with E-state index in [0.717, 1.165) is 22.2 Å². The number of aromatic hydroxyl groups is 1. The first-order valence-electron chi connectivity index (χ1n) is 8.44. The first-order valence-corrected chi connectivity index (χ1v) is 10.5. The van der Waals surface area contributed by atoms with Crippen LogP contribution in [0.5, 0.6) is 5.75 Å². The lowest BCUT2D eigenvalue weighted by molar-refractivity contribution is 0.101. The number of hydrogen-bond donors (Lipinski definition) is 1. The molecule has 0 bridgehead atoms. The molecule has 0 saturated carbocycles. The first kappa shape index (κ1) is 20.2. The third kappa shape index (κ3) is 4.15. The summed E-state index contributed by atoms with van der Waals surface area (Å²) in [5.74, 6) is -0.993. The Morgan fingerprint density at radius 3 is 2.32 bits per heavy atom. The summed E-state index contributed by atoms with van der Waals surface area (Å²) in [7, 11) is 0. The highest BCUT2D eigenvalue weighted by Crippen LogP contribution is 2.37. The van der Waals surface area contributed by atoms with Crippen LogP contribution in [0.4, 0.5) is 4.39 Å². The van der Waals surface area contributed by atoms with Crippen molar-refractivity contribution in [3.05, 3.63) is 81.9 Å². The van der Waals surface area contributed by atoms with Crippen molar-refractivity contribution in [3.63, 3.8) is 0 Å². The first-order chi connectivity index (χ1) is 13.4. The van der Waals surface area contributed by atoms with Crippen molar-refractivity contribution in [2.24, 2.45) is 0 Å². The average Bonchev–Trinajstić information content (AvgIpc) is 2.69. The number of pyridine rings is 1. The SMILES string of the molecule is CSc1c(C(C)=O)c(O)c(Sc2ccccc2)c(=O)n1Cc1ccc(F)cc1. The zero-order chi connectivity index (χ0) is 20.3. The molecule has 0 aliphatic heterocycles. The van der Waals surface area contributed by atoms with E-state index in [1.54, 1.807) is 18.4 Å². The van der Waals surface area contributed by atoms with Crippen molar-refractivity contribution in [1.29, 1.82) is 0 Å². The molecule has 0 atom stereocenters. The fraction of sp³-hybridized carbons (Fsp3) is 0.143. The number of thioether (sulfide) groups is 1. The van der Waals surface area contributed by atoms with Gasteiger partial charge in [0.25, 0.3) is 5.56 Å². The van der Waals surface area contributed by atoms with Gasteiger partial charge in [-0.05, 0) is 43.0 Å². The number of nitrogens with zero attached hydrogens (tertiary/aromatic N) is 1. The molecule has 1 N–H and O–H groups in total. The maximum absolute atomic E-state index is 13.2. The Morgan fingerprint density at radius 2 is 1.75 bits per heavy atom. The second-order valence-electron chi connectivity index (χ2n) is 6.05. The van der Waals surface area contributed by atoms with Crippen molar-refractivity contribution in [2.75, 3.05) is 6.26 Å². The van der Waals surface area contributed by atoms with Crippen LogP contribution in [0.15, 0.2) is 74.2 Å². The van der Waals surface area contributed by atoms with Crippen LogP contribution in [0.1, 0.15) is 22.8 Å². The maximum atomic E-state index is 13.2. The van der Waals surface area contributed by atoms with Gasteiger partial charge in [-0.15, -0.1) is 11.8 Å². The van der Waals surface area contributed by atoms with E-state index in [9.17, 15) is 19.1 Å². The molecule has 0 unspecified atom stereocenters. The smallest absolute Gasteiger partial charge is 0.269 e. The van der Waals surface area contributed by atoms with E-state index < -0.39 is 5.56 Å². The van der Waals surface area contributed by atoms with E-state index in [0.29, 0.717) is 5.03 Å². The number of benzene rings is 2. The Hall–Kier alpha value is -2.51. The fourth-order valence-electron chi connectivity index (χ4n) is 2.81. The van der Waals surface area contributed by atoms with Crippen molar-refractivity contribution >= 4 is 29.3 Å². The minimum Gasteiger partial charge on any atom is -0.506 e. The lowest BCUT2D eigenvalue weighted by Gasteiger charge is -2.18. The quantitative estimate of drug-likeness (QED) is 0.462. The number of rotatable bonds is 6. The molecule has 0 spiro atoms. The zero-order valence-corrected chi connectivity index (χ0v) is 16.9. The lowest BCUT2D eigenvalue weighted by atomic mass is 10.1. The molecule has 7 heteroatoms. The molecule has 2 aromatic carbocycles. The van der Waals surface area contributed by atoms with Gasteiger partial charge in [-0.1, -0.05) is 42.1 Å². The largest absolute Gasteiger partial charge is 0.506 e. The van der Waals surface area contributed by atoms with Crippen LogP contribution < -0.4 is 5.56 Å². The Labute approximate surface area is 170 Å². The third-order valence-electron chi connectivity index (χ3n) is 4.11. The van der Waals surface area contributed by atoms with Gasteiger partial charge in [0.2, 0.25) is 0 Å². The molecule has 0 aliphatic carbocycles. The minimum atomic E-state index is -0.398. The molecule has 0 aliphatic rings. The Balaban J connectivity index is 2.20. The van der Waals surface area contributed by atoms with Crippen molar-refractivity contribution in [2.45, 2.75) is 28.3 Å². The van der Waals surface area contributed by atoms with Crippen LogP contribution in [0.25, 0.3) is 0 Å². The number of carbonyl (C=O) groups excluding carboxylic acids is 1. The summed E-state index contributed by atoms with van der Waals surface area (Å²) in [4.78, 5) is 26.3. The number of aromatic nitrogens is 1. The molecule has 3 rings (SSSR count). The predicted molar refractivity (Wildman–Crippen MR) is 110 cm³/mol. The summed E-state index contributed by atoms with van der Waals surface area (Å²) >= 11 is 2.33. The Kier molecular flexibility index (Phi) is 6.26. The third-order valence-corrected chi connectivity index (χ3v) is 6.00. The maximum Gasteiger partial charge on any atom is 0.269 e. The zero-order valence-electron chi connectivity index (χ0n) is 15.3. The van der Waals surface area contributed by atoms with Crippen molar-refractivity contribution in [1.82, 2.24) is 4.57 Å². The molecule has 0 fully saturated rings. The van der Waals surface area contributed by atoms with Gasteiger partial charge in [0.1, 0.15) is 16.5 Å². The second kappa shape index (κ2) is 8.67. The Morgan fingerprint density at radius 1 is 1.11 bits per heavy atom. The van der Waals surface area contributed by atoms with Crippen LogP contribution in [-0.2, 0) is 6.54 Å². The normalized spacial score (nSPS) is 10.8. The van der Waals surface area contributed by atoms with Gasteiger partial charge in [-0.3, -0.25) is 14.2 Å².